The van der Waals surface area contributed by atoms with Crippen LogP contribution in [0, 0.1) is 19.8 Å². The number of anilines is 2. The van der Waals surface area contributed by atoms with Crippen molar-refractivity contribution < 1.29 is 28.7 Å². The van der Waals surface area contributed by atoms with E-state index in [1.165, 1.54) is 5.56 Å². The van der Waals surface area contributed by atoms with E-state index < -0.39 is 12.1 Å². The number of amides is 3. The Morgan fingerprint density at radius 3 is 2.59 bits per heavy atom. The molecule has 2 heterocycles. The first kappa shape index (κ1) is 34.9. The van der Waals surface area contributed by atoms with Gasteiger partial charge in [-0.05, 0) is 77.8 Å². The molecule has 46 heavy (non-hydrogen) atoms. The van der Waals surface area contributed by atoms with Gasteiger partial charge in [0, 0.05) is 37.8 Å². The molecule has 1 aliphatic rings. The van der Waals surface area contributed by atoms with Gasteiger partial charge in [-0.15, -0.1) is 0 Å². The van der Waals surface area contributed by atoms with Crippen LogP contribution in [0.5, 0.6) is 5.75 Å². The molecule has 0 aliphatic carbocycles. The number of aromatic nitrogens is 1. The quantitative estimate of drug-likeness (QED) is 0.281. The Hall–Kier alpha value is -3.93. The molecule has 0 spiro atoms. The second-order valence-corrected chi connectivity index (χ2v) is 12.5. The van der Waals surface area contributed by atoms with Gasteiger partial charge in [-0.25, -0.2) is 4.79 Å². The van der Waals surface area contributed by atoms with Crippen LogP contribution in [0.25, 0.3) is 0 Å². The van der Waals surface area contributed by atoms with Crippen molar-refractivity contribution in [3.63, 3.8) is 0 Å². The monoisotopic (exact) mass is 635 g/mol. The minimum atomic E-state index is -0.495. The molecule has 3 N–H and O–H groups in total. The molecule has 0 unspecified atom stereocenters. The third-order valence-electron chi connectivity index (χ3n) is 8.37. The van der Waals surface area contributed by atoms with Crippen molar-refractivity contribution in [2.45, 2.75) is 78.7 Å². The first-order chi connectivity index (χ1) is 22.0. The lowest BCUT2D eigenvalue weighted by Gasteiger charge is -2.36. The molecule has 0 saturated carbocycles. The maximum Gasteiger partial charge on any atom is 0.323 e. The summed E-state index contributed by atoms with van der Waals surface area (Å²) in [6, 6.07) is 14.4. The van der Waals surface area contributed by atoms with Gasteiger partial charge in [0.25, 0.3) is 5.91 Å². The van der Waals surface area contributed by atoms with Crippen molar-refractivity contribution in [2.75, 3.05) is 44.0 Å². The molecule has 4 atom stereocenters. The molecule has 1 aromatic heterocycles. The van der Waals surface area contributed by atoms with E-state index in [1.54, 1.807) is 36.9 Å². The number of aliphatic hydroxyl groups excluding tert-OH is 1. The number of benzene rings is 2. The number of carbonyl (C=O) groups is 2. The van der Waals surface area contributed by atoms with Crippen molar-refractivity contribution >= 4 is 23.3 Å². The molecule has 11 nitrogen and oxygen atoms in total. The van der Waals surface area contributed by atoms with Gasteiger partial charge in [-0.3, -0.25) is 9.69 Å². The van der Waals surface area contributed by atoms with Gasteiger partial charge in [0.05, 0.1) is 30.4 Å². The number of urea groups is 1. The number of aliphatic hydroxyl groups is 1. The van der Waals surface area contributed by atoms with E-state index in [9.17, 15) is 14.7 Å². The maximum absolute atomic E-state index is 14.3. The number of ether oxygens (including phenoxy) is 2. The first-order valence-corrected chi connectivity index (χ1v) is 16.1. The highest BCUT2D eigenvalue weighted by atomic mass is 16.5. The van der Waals surface area contributed by atoms with Gasteiger partial charge >= 0.3 is 6.03 Å². The molecular weight excluding hydrogens is 586 g/mol. The maximum atomic E-state index is 14.3. The van der Waals surface area contributed by atoms with E-state index in [2.05, 4.69) is 46.8 Å². The SMILES string of the molecule is Cc1noc(C)c1NC(=O)Nc1ccc2c(c1)C(=O)N([C@@H](C)CO)C[C@@H](C)[C@@H](CN(C)Cc1ccccc1)OCCCC[C@H](C)O2. The lowest BCUT2D eigenvalue weighted by molar-refractivity contribution is -0.0177. The second kappa shape index (κ2) is 16.6. The van der Waals surface area contributed by atoms with E-state index in [0.29, 0.717) is 53.8 Å². The van der Waals surface area contributed by atoms with Crippen molar-refractivity contribution in [1.82, 2.24) is 15.0 Å². The highest BCUT2D eigenvalue weighted by Gasteiger charge is 2.30. The zero-order chi connectivity index (χ0) is 33.2. The molecular formula is C35H49N5O6. The molecule has 4 rings (SSSR count). The second-order valence-electron chi connectivity index (χ2n) is 12.5. The Kier molecular flexibility index (Phi) is 12.6. The Morgan fingerprint density at radius 1 is 1.13 bits per heavy atom. The van der Waals surface area contributed by atoms with Crippen LogP contribution in [-0.4, -0.2) is 83.6 Å². The summed E-state index contributed by atoms with van der Waals surface area (Å²) in [4.78, 5) is 31.2. The standard InChI is InChI=1S/C35H49N5O6/c1-23-19-40(24(2)22-41)34(42)30-18-29(36-35(43)37-33-26(4)38-46-27(33)5)15-16-31(30)45-25(3)12-10-11-17-44-32(23)21-39(6)20-28-13-8-7-9-14-28/h7-9,13-16,18,23-25,32,41H,10-12,17,19-22H2,1-6H3,(H2,36,37,43)/t23-,24+,25+,32-/m1/s1. The van der Waals surface area contributed by atoms with Crippen molar-refractivity contribution in [3.8, 4) is 5.75 Å². The van der Waals surface area contributed by atoms with Crippen LogP contribution < -0.4 is 15.4 Å². The normalized spacial score (nSPS) is 20.4. The lowest BCUT2D eigenvalue weighted by Crippen LogP contribution is -2.47. The van der Waals surface area contributed by atoms with Gasteiger partial charge in [-0.1, -0.05) is 42.4 Å². The van der Waals surface area contributed by atoms with Gasteiger partial charge in [-0.2, -0.15) is 0 Å². The summed E-state index contributed by atoms with van der Waals surface area (Å²) in [5, 5.41) is 19.7. The molecule has 2 aromatic carbocycles. The fourth-order valence-electron chi connectivity index (χ4n) is 5.67. The van der Waals surface area contributed by atoms with Crippen LogP contribution in [0.2, 0.25) is 0 Å². The van der Waals surface area contributed by atoms with Crippen molar-refractivity contribution in [3.05, 3.63) is 71.1 Å². The first-order valence-electron chi connectivity index (χ1n) is 16.1. The van der Waals surface area contributed by atoms with Gasteiger partial charge in [0.15, 0.2) is 5.76 Å². The topological polar surface area (TPSA) is 129 Å². The summed E-state index contributed by atoms with van der Waals surface area (Å²) in [5.41, 5.74) is 3.00. The van der Waals surface area contributed by atoms with Gasteiger partial charge in [0.1, 0.15) is 17.1 Å². The van der Waals surface area contributed by atoms with E-state index in [4.69, 9.17) is 14.0 Å². The number of fused-ring (bicyclic) bond motifs is 1. The van der Waals surface area contributed by atoms with Crippen LogP contribution in [0.3, 0.4) is 0 Å². The fraction of sp³-hybridized carbons (Fsp3) is 0.514. The van der Waals surface area contributed by atoms with E-state index in [0.717, 1.165) is 25.8 Å². The van der Waals surface area contributed by atoms with Gasteiger partial charge < -0.3 is 34.6 Å². The smallest absolute Gasteiger partial charge is 0.323 e. The highest BCUT2D eigenvalue weighted by Crippen LogP contribution is 2.29. The molecule has 1 aliphatic heterocycles. The number of hydrogen-bond acceptors (Lipinski definition) is 8. The Morgan fingerprint density at radius 2 is 1.89 bits per heavy atom. The minimum absolute atomic E-state index is 0.0375. The number of carbonyl (C=O) groups excluding carboxylic acids is 2. The fourth-order valence-corrected chi connectivity index (χ4v) is 5.67. The average molecular weight is 636 g/mol. The number of likely N-dealkylation sites (N-methyl/N-ethyl adjacent to an activating group) is 1. The molecule has 3 aromatic rings. The molecule has 250 valence electrons. The third kappa shape index (κ3) is 9.54. The number of nitrogens with one attached hydrogen (secondary N) is 2. The summed E-state index contributed by atoms with van der Waals surface area (Å²) in [6.45, 7) is 11.6. The van der Waals surface area contributed by atoms with Crippen LogP contribution >= 0.6 is 0 Å². The number of rotatable bonds is 8. The summed E-state index contributed by atoms with van der Waals surface area (Å²) in [5.74, 6) is 0.596. The summed E-state index contributed by atoms with van der Waals surface area (Å²) >= 11 is 0. The molecule has 0 fully saturated rings. The zero-order valence-electron chi connectivity index (χ0n) is 27.9. The van der Waals surface area contributed by atoms with Crippen LogP contribution in [0.4, 0.5) is 16.2 Å². The predicted molar refractivity (Wildman–Crippen MR) is 178 cm³/mol. The molecule has 0 bridgehead atoms. The van der Waals surface area contributed by atoms with Crippen LogP contribution in [0.15, 0.2) is 53.1 Å². The van der Waals surface area contributed by atoms with E-state index >= 15 is 0 Å². The highest BCUT2D eigenvalue weighted by molar-refractivity contribution is 6.03. The number of nitrogens with zero attached hydrogens (tertiary/aromatic N) is 3. The summed E-state index contributed by atoms with van der Waals surface area (Å²) < 4.78 is 17.9. The third-order valence-corrected chi connectivity index (χ3v) is 8.37. The molecule has 0 saturated heterocycles. The Bertz CT molecular complexity index is 1410. The van der Waals surface area contributed by atoms with Gasteiger partial charge in [0.2, 0.25) is 0 Å². The minimum Gasteiger partial charge on any atom is -0.490 e. The number of hydrogen-bond donors (Lipinski definition) is 3. The van der Waals surface area contributed by atoms with Crippen LogP contribution in [0.1, 0.15) is 67.4 Å². The molecule has 11 heteroatoms. The lowest BCUT2D eigenvalue weighted by atomic mass is 10.0. The van der Waals surface area contributed by atoms with Crippen LogP contribution in [-0.2, 0) is 11.3 Å². The van der Waals surface area contributed by atoms with E-state index in [1.807, 2.05) is 32.0 Å². The van der Waals surface area contributed by atoms with Crippen molar-refractivity contribution in [1.29, 1.82) is 0 Å². The average Bonchev–Trinajstić information content (AvgIpc) is 3.34. The summed E-state index contributed by atoms with van der Waals surface area (Å²) in [7, 11) is 2.08. The molecule has 3 amide bonds. The number of aryl methyl sites for hydroxylation is 2. The van der Waals surface area contributed by atoms with E-state index in [-0.39, 0.29) is 30.6 Å². The summed E-state index contributed by atoms with van der Waals surface area (Å²) in [6.07, 6.45) is 2.33. The Labute approximate surface area is 272 Å². The Balaban J connectivity index is 1.60. The predicted octanol–water partition coefficient (Wildman–Crippen LogP) is 5.86. The molecule has 0 radical (unpaired) electrons. The zero-order valence-corrected chi connectivity index (χ0v) is 27.9. The van der Waals surface area contributed by atoms with Crippen molar-refractivity contribution in [2.24, 2.45) is 5.92 Å². The largest absolute Gasteiger partial charge is 0.490 e.